The largest absolute Gasteiger partial charge is 0.327 e. The fraction of sp³-hybridized carbons (Fsp3) is 0.412. The van der Waals surface area contributed by atoms with E-state index in [-0.39, 0.29) is 11.7 Å². The van der Waals surface area contributed by atoms with E-state index in [2.05, 4.69) is 15.1 Å². The number of imidazole rings is 1. The van der Waals surface area contributed by atoms with Gasteiger partial charge in [0.25, 0.3) is 0 Å². The fourth-order valence-corrected chi connectivity index (χ4v) is 3.04. The summed E-state index contributed by atoms with van der Waals surface area (Å²) in [6, 6.07) is 5.80. The van der Waals surface area contributed by atoms with E-state index in [9.17, 15) is 9.18 Å². The number of carbonyl (C=O) groups excluding carboxylic acids is 1. The molecule has 1 aromatic heterocycles. The summed E-state index contributed by atoms with van der Waals surface area (Å²) < 4.78 is 17.7. The van der Waals surface area contributed by atoms with Crippen molar-refractivity contribution in [3.8, 4) is 0 Å². The average molecular weight is 363 g/mol. The van der Waals surface area contributed by atoms with Crippen LogP contribution in [-0.4, -0.2) is 57.6 Å². The minimum Gasteiger partial charge on any atom is -0.327 e. The van der Waals surface area contributed by atoms with E-state index < -0.39 is 0 Å². The Labute approximate surface area is 151 Å². The van der Waals surface area contributed by atoms with E-state index >= 15 is 0 Å². The monoisotopic (exact) mass is 363 g/mol. The van der Waals surface area contributed by atoms with Gasteiger partial charge in [-0.25, -0.2) is 4.39 Å². The number of amides is 1. The molecule has 0 aliphatic carbocycles. The number of rotatable bonds is 5. The van der Waals surface area contributed by atoms with Crippen LogP contribution in [0.1, 0.15) is 0 Å². The maximum atomic E-state index is 12.9. The normalized spacial score (nSPS) is 16.1. The van der Waals surface area contributed by atoms with Crippen molar-refractivity contribution in [2.24, 2.45) is 7.05 Å². The number of anilines is 1. The second-order valence-corrected chi connectivity index (χ2v) is 6.62. The van der Waals surface area contributed by atoms with Crippen molar-refractivity contribution in [3.05, 3.63) is 47.2 Å². The first kappa shape index (κ1) is 17.8. The van der Waals surface area contributed by atoms with E-state index in [4.69, 9.17) is 12.2 Å². The summed E-state index contributed by atoms with van der Waals surface area (Å²) in [6.07, 6.45) is 3.95. The minimum atomic E-state index is -0.312. The highest BCUT2D eigenvalue weighted by Crippen LogP contribution is 2.09. The van der Waals surface area contributed by atoms with Crippen LogP contribution < -0.4 is 5.32 Å². The molecule has 1 amide bonds. The molecule has 0 saturated carbocycles. The van der Waals surface area contributed by atoms with Gasteiger partial charge in [-0.15, -0.1) is 0 Å². The number of halogens is 1. The predicted octanol–water partition coefficient (Wildman–Crippen LogP) is 1.91. The number of benzene rings is 1. The third-order valence-electron chi connectivity index (χ3n) is 4.33. The van der Waals surface area contributed by atoms with Crippen molar-refractivity contribution in [1.29, 1.82) is 0 Å². The Morgan fingerprint density at radius 2 is 1.76 bits per heavy atom. The van der Waals surface area contributed by atoms with Crippen LogP contribution in [0.5, 0.6) is 0 Å². The standard InChI is InChI=1S/C17H22FN5OS/c1-20-6-11-23(17(20)25)13-22-9-7-21(8-10-22)12-16(24)19-15-4-2-14(18)3-5-15/h2-6,11H,7-10,12-13H2,1H3,(H,19,24). The lowest BCUT2D eigenvalue weighted by Gasteiger charge is -2.34. The predicted molar refractivity (Wildman–Crippen MR) is 97.3 cm³/mol. The van der Waals surface area contributed by atoms with Gasteiger partial charge in [0.05, 0.1) is 13.2 Å². The summed E-state index contributed by atoms with van der Waals surface area (Å²) in [5.74, 6) is -0.391. The highest BCUT2D eigenvalue weighted by molar-refractivity contribution is 7.71. The molecule has 0 spiro atoms. The number of carbonyl (C=O) groups is 1. The number of aryl methyl sites for hydroxylation is 1. The lowest BCUT2D eigenvalue weighted by molar-refractivity contribution is -0.117. The molecule has 1 N–H and O–H groups in total. The molecule has 1 aliphatic heterocycles. The first-order chi connectivity index (χ1) is 12.0. The number of nitrogens with one attached hydrogen (secondary N) is 1. The van der Waals surface area contributed by atoms with Gasteiger partial charge in [-0.3, -0.25) is 14.6 Å². The van der Waals surface area contributed by atoms with Crippen LogP contribution in [0.3, 0.4) is 0 Å². The summed E-state index contributed by atoms with van der Waals surface area (Å²) in [4.78, 5) is 16.6. The Balaban J connectivity index is 1.44. The van der Waals surface area contributed by atoms with Crippen molar-refractivity contribution in [3.63, 3.8) is 0 Å². The van der Waals surface area contributed by atoms with Crippen molar-refractivity contribution in [2.45, 2.75) is 6.67 Å². The number of piperazine rings is 1. The molecule has 3 rings (SSSR count). The third-order valence-corrected chi connectivity index (χ3v) is 4.85. The van der Waals surface area contributed by atoms with E-state index in [0.29, 0.717) is 12.2 Å². The van der Waals surface area contributed by atoms with E-state index in [1.165, 1.54) is 12.1 Å². The SMILES string of the molecule is Cn1ccn(CN2CCN(CC(=O)Nc3ccc(F)cc3)CC2)c1=S. The molecule has 1 aliphatic rings. The average Bonchev–Trinajstić information content (AvgIpc) is 2.91. The number of hydrogen-bond acceptors (Lipinski definition) is 4. The highest BCUT2D eigenvalue weighted by Gasteiger charge is 2.19. The smallest absolute Gasteiger partial charge is 0.238 e. The van der Waals surface area contributed by atoms with Gasteiger partial charge in [0, 0.05) is 51.3 Å². The van der Waals surface area contributed by atoms with Crippen LogP contribution in [0, 0.1) is 10.6 Å². The zero-order valence-electron chi connectivity index (χ0n) is 14.2. The van der Waals surface area contributed by atoms with Crippen LogP contribution in [0.25, 0.3) is 0 Å². The summed E-state index contributed by atoms with van der Waals surface area (Å²) >= 11 is 5.36. The molecule has 134 valence electrons. The van der Waals surface area contributed by atoms with Gasteiger partial charge in [-0.05, 0) is 36.5 Å². The van der Waals surface area contributed by atoms with Crippen molar-refractivity contribution in [2.75, 3.05) is 38.0 Å². The van der Waals surface area contributed by atoms with Gasteiger partial charge < -0.3 is 14.5 Å². The molecule has 0 bridgehead atoms. The maximum absolute atomic E-state index is 12.9. The molecule has 1 aromatic carbocycles. The Kier molecular flexibility index (Phi) is 5.62. The van der Waals surface area contributed by atoms with Gasteiger partial charge in [0.1, 0.15) is 5.82 Å². The van der Waals surface area contributed by atoms with Crippen molar-refractivity contribution in [1.82, 2.24) is 18.9 Å². The highest BCUT2D eigenvalue weighted by atomic mass is 32.1. The zero-order chi connectivity index (χ0) is 17.8. The van der Waals surface area contributed by atoms with Crippen molar-refractivity contribution >= 4 is 23.8 Å². The molecular formula is C17H22FN5OS. The molecule has 2 heterocycles. The Bertz CT molecular complexity index is 777. The van der Waals surface area contributed by atoms with Crippen LogP contribution >= 0.6 is 12.2 Å². The Morgan fingerprint density at radius 1 is 1.12 bits per heavy atom. The Morgan fingerprint density at radius 3 is 2.36 bits per heavy atom. The quantitative estimate of drug-likeness (QED) is 0.825. The summed E-state index contributed by atoms with van der Waals surface area (Å²) in [5, 5.41) is 2.80. The van der Waals surface area contributed by atoms with Crippen LogP contribution in [0.4, 0.5) is 10.1 Å². The summed E-state index contributed by atoms with van der Waals surface area (Å²) in [6.45, 7) is 4.56. The molecule has 25 heavy (non-hydrogen) atoms. The summed E-state index contributed by atoms with van der Waals surface area (Å²) in [7, 11) is 1.94. The van der Waals surface area contributed by atoms with Crippen LogP contribution in [0.15, 0.2) is 36.7 Å². The number of hydrogen-bond donors (Lipinski definition) is 1. The minimum absolute atomic E-state index is 0.0784. The van der Waals surface area contributed by atoms with E-state index in [0.717, 1.165) is 37.6 Å². The van der Waals surface area contributed by atoms with Gasteiger partial charge >= 0.3 is 0 Å². The molecule has 1 saturated heterocycles. The summed E-state index contributed by atoms with van der Waals surface area (Å²) in [5.41, 5.74) is 0.614. The molecule has 0 atom stereocenters. The maximum Gasteiger partial charge on any atom is 0.238 e. The van der Waals surface area contributed by atoms with E-state index in [1.54, 1.807) is 12.1 Å². The topological polar surface area (TPSA) is 45.4 Å². The Hall–Kier alpha value is -2.03. The molecule has 2 aromatic rings. The van der Waals surface area contributed by atoms with Gasteiger partial charge in [-0.1, -0.05) is 0 Å². The number of aromatic nitrogens is 2. The van der Waals surface area contributed by atoms with Gasteiger partial charge in [-0.2, -0.15) is 0 Å². The molecule has 0 unspecified atom stereocenters. The number of nitrogens with zero attached hydrogens (tertiary/aromatic N) is 4. The third kappa shape index (κ3) is 4.75. The van der Waals surface area contributed by atoms with Gasteiger partial charge in [0.2, 0.25) is 5.91 Å². The molecule has 1 fully saturated rings. The van der Waals surface area contributed by atoms with Crippen LogP contribution in [0.2, 0.25) is 0 Å². The van der Waals surface area contributed by atoms with Crippen LogP contribution in [-0.2, 0) is 18.5 Å². The van der Waals surface area contributed by atoms with E-state index in [1.807, 2.05) is 28.6 Å². The lowest BCUT2D eigenvalue weighted by atomic mass is 10.3. The second-order valence-electron chi connectivity index (χ2n) is 6.25. The van der Waals surface area contributed by atoms with Crippen molar-refractivity contribution < 1.29 is 9.18 Å². The first-order valence-corrected chi connectivity index (χ1v) is 8.64. The molecule has 8 heteroatoms. The second kappa shape index (κ2) is 7.90. The van der Waals surface area contributed by atoms with Gasteiger partial charge in [0.15, 0.2) is 4.77 Å². The molecule has 0 radical (unpaired) electrons. The first-order valence-electron chi connectivity index (χ1n) is 8.23. The lowest BCUT2D eigenvalue weighted by Crippen LogP contribution is -2.48. The molecular weight excluding hydrogens is 341 g/mol. The zero-order valence-corrected chi connectivity index (χ0v) is 15.0. The molecule has 6 nitrogen and oxygen atoms in total. The fourth-order valence-electron chi connectivity index (χ4n) is 2.86.